The van der Waals surface area contributed by atoms with Gasteiger partial charge in [-0.05, 0) is 54.2 Å². The molecule has 0 radical (unpaired) electrons. The molecule has 2 aromatic heterocycles. The van der Waals surface area contributed by atoms with Crippen LogP contribution in [0.5, 0.6) is 0 Å². The topological polar surface area (TPSA) is 76.7 Å². The predicted molar refractivity (Wildman–Crippen MR) is 91.8 cm³/mol. The van der Waals surface area contributed by atoms with E-state index in [-0.39, 0.29) is 17.8 Å². The van der Waals surface area contributed by atoms with E-state index < -0.39 is 6.17 Å². The first kappa shape index (κ1) is 17.1. The lowest BCUT2D eigenvalue weighted by Crippen LogP contribution is -2.22. The maximum atomic E-state index is 13.3. The summed E-state index contributed by atoms with van der Waals surface area (Å²) in [5.74, 6) is 0.437. The molecule has 2 heterocycles. The number of thiophene rings is 1. The van der Waals surface area contributed by atoms with Crippen LogP contribution in [0.15, 0.2) is 15.9 Å². The van der Waals surface area contributed by atoms with Gasteiger partial charge in [-0.1, -0.05) is 6.92 Å². The predicted octanol–water partition coefficient (Wildman–Crippen LogP) is 4.13. The maximum Gasteiger partial charge on any atom is 0.228 e. The van der Waals surface area contributed by atoms with Crippen LogP contribution in [-0.4, -0.2) is 21.0 Å². The number of alkyl halides is 1. The van der Waals surface area contributed by atoms with Crippen LogP contribution in [0.2, 0.25) is 0 Å². The highest BCUT2D eigenvalue weighted by atomic mass is 79.9. The van der Waals surface area contributed by atoms with Crippen molar-refractivity contribution in [1.82, 2.24) is 15.0 Å². The summed E-state index contributed by atoms with van der Waals surface area (Å²) in [6.07, 6.45) is 1.55. The fourth-order valence-electron chi connectivity index (χ4n) is 2.02. The summed E-state index contributed by atoms with van der Waals surface area (Å²) in [7, 11) is 0. The van der Waals surface area contributed by atoms with E-state index in [9.17, 15) is 4.39 Å². The first-order valence-electron chi connectivity index (χ1n) is 7.14. The van der Waals surface area contributed by atoms with Crippen LogP contribution in [0.1, 0.15) is 43.6 Å². The lowest BCUT2D eigenvalue weighted by atomic mass is 10.1. The molecule has 0 saturated heterocycles. The van der Waals surface area contributed by atoms with E-state index in [0.29, 0.717) is 5.95 Å². The van der Waals surface area contributed by atoms with Gasteiger partial charge in [-0.15, -0.1) is 11.3 Å². The summed E-state index contributed by atoms with van der Waals surface area (Å²) in [5, 5.41) is 3.23. The van der Waals surface area contributed by atoms with E-state index in [4.69, 9.17) is 5.73 Å². The van der Waals surface area contributed by atoms with Gasteiger partial charge in [0.15, 0.2) is 12.0 Å². The Balaban J connectivity index is 2.00. The molecule has 0 spiro atoms. The smallest absolute Gasteiger partial charge is 0.228 e. The van der Waals surface area contributed by atoms with Crippen LogP contribution < -0.4 is 11.1 Å². The zero-order valence-corrected chi connectivity index (χ0v) is 14.9. The first-order chi connectivity index (χ1) is 10.5. The van der Waals surface area contributed by atoms with Gasteiger partial charge in [-0.25, -0.2) is 4.39 Å². The van der Waals surface area contributed by atoms with E-state index in [1.54, 1.807) is 11.3 Å². The first-order valence-corrected chi connectivity index (χ1v) is 8.75. The highest BCUT2D eigenvalue weighted by Gasteiger charge is 2.14. The fourth-order valence-corrected chi connectivity index (χ4v) is 3.51. The van der Waals surface area contributed by atoms with Crippen LogP contribution in [0.25, 0.3) is 0 Å². The molecule has 0 bridgehead atoms. The monoisotopic (exact) mass is 387 g/mol. The molecule has 0 aliphatic carbocycles. The minimum absolute atomic E-state index is 0.0361. The van der Waals surface area contributed by atoms with Gasteiger partial charge in [0.1, 0.15) is 0 Å². The molecular weight excluding hydrogens is 369 g/mol. The summed E-state index contributed by atoms with van der Waals surface area (Å²) in [6, 6.07) is 4.37. The average molecular weight is 388 g/mol. The van der Waals surface area contributed by atoms with Gasteiger partial charge in [-0.3, -0.25) is 0 Å². The standard InChI is InChI=1S/C14H19BrFN5S/c1-3-9(4-5-10-6-7-11(15)22-10)18-14-20-12(8(2)16)19-13(17)21-14/h6-9H,3-5H2,1-2H3,(H3,17,18,19,20,21). The van der Waals surface area contributed by atoms with Gasteiger partial charge < -0.3 is 11.1 Å². The zero-order chi connectivity index (χ0) is 16.1. The molecule has 5 nitrogen and oxygen atoms in total. The average Bonchev–Trinajstić information content (AvgIpc) is 2.88. The normalized spacial score (nSPS) is 13.8. The molecule has 3 N–H and O–H groups in total. The second kappa shape index (κ2) is 7.82. The van der Waals surface area contributed by atoms with Crippen LogP contribution in [0.3, 0.4) is 0 Å². The Morgan fingerprint density at radius 1 is 1.36 bits per heavy atom. The second-order valence-electron chi connectivity index (χ2n) is 4.99. The molecule has 2 aromatic rings. The summed E-state index contributed by atoms with van der Waals surface area (Å²) in [6.45, 7) is 3.47. The van der Waals surface area contributed by atoms with Crippen molar-refractivity contribution in [3.8, 4) is 0 Å². The Kier molecular flexibility index (Phi) is 6.07. The summed E-state index contributed by atoms with van der Waals surface area (Å²) < 4.78 is 14.5. The van der Waals surface area contributed by atoms with Gasteiger partial charge in [0, 0.05) is 10.9 Å². The minimum Gasteiger partial charge on any atom is -0.368 e. The quantitative estimate of drug-likeness (QED) is 0.746. The van der Waals surface area contributed by atoms with Crippen molar-refractivity contribution < 1.29 is 4.39 Å². The Hall–Kier alpha value is -1.28. The Morgan fingerprint density at radius 3 is 2.73 bits per heavy atom. The van der Waals surface area contributed by atoms with Crippen molar-refractivity contribution in [2.45, 2.75) is 45.3 Å². The fraction of sp³-hybridized carbons (Fsp3) is 0.500. The molecule has 0 aliphatic rings. The van der Waals surface area contributed by atoms with E-state index in [1.165, 1.54) is 11.8 Å². The van der Waals surface area contributed by atoms with E-state index >= 15 is 0 Å². The summed E-state index contributed by atoms with van der Waals surface area (Å²) in [5.41, 5.74) is 5.61. The molecule has 2 rings (SSSR count). The van der Waals surface area contributed by atoms with Crippen LogP contribution in [-0.2, 0) is 6.42 Å². The largest absolute Gasteiger partial charge is 0.368 e. The SMILES string of the molecule is CCC(CCc1ccc(Br)s1)Nc1nc(N)nc(C(C)F)n1. The lowest BCUT2D eigenvalue weighted by Gasteiger charge is -2.17. The molecular formula is C14H19BrFN5S. The molecule has 2 atom stereocenters. The Morgan fingerprint density at radius 2 is 2.14 bits per heavy atom. The number of hydrogen-bond donors (Lipinski definition) is 2. The molecule has 2 unspecified atom stereocenters. The number of rotatable bonds is 7. The number of nitrogens with two attached hydrogens (primary N) is 1. The molecule has 0 saturated carbocycles. The van der Waals surface area contributed by atoms with Crippen molar-refractivity contribution >= 4 is 39.2 Å². The highest BCUT2D eigenvalue weighted by Crippen LogP contribution is 2.24. The van der Waals surface area contributed by atoms with Crippen LogP contribution >= 0.6 is 27.3 Å². The highest BCUT2D eigenvalue weighted by molar-refractivity contribution is 9.11. The van der Waals surface area contributed by atoms with Gasteiger partial charge in [0.2, 0.25) is 11.9 Å². The number of halogens is 2. The van der Waals surface area contributed by atoms with Crippen molar-refractivity contribution in [1.29, 1.82) is 0 Å². The number of nitrogen functional groups attached to an aromatic ring is 1. The van der Waals surface area contributed by atoms with Crippen molar-refractivity contribution in [3.63, 3.8) is 0 Å². The number of nitrogens with zero attached hydrogens (tertiary/aromatic N) is 3. The molecule has 8 heteroatoms. The van der Waals surface area contributed by atoms with Gasteiger partial charge >= 0.3 is 0 Å². The van der Waals surface area contributed by atoms with E-state index in [2.05, 4.69) is 55.3 Å². The van der Waals surface area contributed by atoms with Gasteiger partial charge in [0.05, 0.1) is 3.79 Å². The third-order valence-electron chi connectivity index (χ3n) is 3.22. The molecule has 22 heavy (non-hydrogen) atoms. The zero-order valence-electron chi connectivity index (χ0n) is 12.5. The molecule has 0 aromatic carbocycles. The number of hydrogen-bond acceptors (Lipinski definition) is 6. The van der Waals surface area contributed by atoms with Crippen molar-refractivity contribution in [3.05, 3.63) is 26.6 Å². The van der Waals surface area contributed by atoms with E-state index in [1.807, 2.05) is 0 Å². The van der Waals surface area contributed by atoms with Crippen LogP contribution in [0.4, 0.5) is 16.3 Å². The molecule has 0 amide bonds. The maximum absolute atomic E-state index is 13.3. The third-order valence-corrected chi connectivity index (χ3v) is 4.90. The summed E-state index contributed by atoms with van der Waals surface area (Å²) >= 11 is 5.20. The minimum atomic E-state index is -1.27. The van der Waals surface area contributed by atoms with Gasteiger partial charge in [-0.2, -0.15) is 15.0 Å². The van der Waals surface area contributed by atoms with Crippen molar-refractivity contribution in [2.75, 3.05) is 11.1 Å². The van der Waals surface area contributed by atoms with Crippen molar-refractivity contribution in [2.24, 2.45) is 0 Å². The Bertz CT molecular complexity index is 619. The number of aryl methyl sites for hydroxylation is 1. The molecule has 0 fully saturated rings. The number of anilines is 2. The van der Waals surface area contributed by atoms with E-state index in [0.717, 1.165) is 23.0 Å². The number of nitrogens with one attached hydrogen (secondary N) is 1. The van der Waals surface area contributed by atoms with Gasteiger partial charge in [0.25, 0.3) is 0 Å². The summed E-state index contributed by atoms with van der Waals surface area (Å²) in [4.78, 5) is 13.2. The second-order valence-corrected chi connectivity index (χ2v) is 7.53. The van der Waals surface area contributed by atoms with Crippen LogP contribution in [0, 0.1) is 0 Å². The molecule has 0 aliphatic heterocycles. The third kappa shape index (κ3) is 4.88. The lowest BCUT2D eigenvalue weighted by molar-refractivity contribution is 0.356. The number of aromatic nitrogens is 3. The Labute approximate surface area is 141 Å². The molecule has 120 valence electrons.